The van der Waals surface area contributed by atoms with Crippen molar-refractivity contribution in [2.24, 2.45) is 5.41 Å². The van der Waals surface area contributed by atoms with Crippen molar-refractivity contribution in [3.8, 4) is 0 Å². The average molecular weight is 379 g/mol. The van der Waals surface area contributed by atoms with Crippen molar-refractivity contribution in [2.75, 3.05) is 31.2 Å². The van der Waals surface area contributed by atoms with Crippen molar-refractivity contribution in [3.63, 3.8) is 0 Å². The van der Waals surface area contributed by atoms with Crippen LogP contribution in [0.1, 0.15) is 36.3 Å². The first-order valence-corrected chi connectivity index (χ1v) is 9.16. The lowest BCUT2D eigenvalue weighted by Gasteiger charge is -2.70. The molecule has 6 rings (SSSR count). The predicted molar refractivity (Wildman–Crippen MR) is 91.7 cm³/mol. The van der Waals surface area contributed by atoms with Gasteiger partial charge in [0.25, 0.3) is 0 Å². The molecule has 1 aliphatic heterocycles. The van der Waals surface area contributed by atoms with Gasteiger partial charge in [-0.25, -0.2) is 15.0 Å². The summed E-state index contributed by atoms with van der Waals surface area (Å²) in [5.41, 5.74) is 1.09. The van der Waals surface area contributed by atoms with E-state index < -0.39 is 17.0 Å². The molecule has 2 aromatic rings. The van der Waals surface area contributed by atoms with Gasteiger partial charge in [0.2, 0.25) is 5.95 Å². The van der Waals surface area contributed by atoms with Crippen LogP contribution in [0.2, 0.25) is 0 Å². The number of halogens is 3. The van der Waals surface area contributed by atoms with E-state index in [1.807, 2.05) is 18.7 Å². The van der Waals surface area contributed by atoms with E-state index in [4.69, 9.17) is 9.72 Å². The van der Waals surface area contributed by atoms with Crippen LogP contribution in [0.3, 0.4) is 0 Å². The first kappa shape index (κ1) is 17.1. The van der Waals surface area contributed by atoms with Gasteiger partial charge in [-0.2, -0.15) is 18.2 Å². The van der Waals surface area contributed by atoms with E-state index in [0.717, 1.165) is 11.4 Å². The van der Waals surface area contributed by atoms with E-state index in [1.54, 1.807) is 0 Å². The molecule has 3 aliphatic carbocycles. The molecule has 0 amide bonds. The van der Waals surface area contributed by atoms with Crippen molar-refractivity contribution in [1.29, 1.82) is 0 Å². The fourth-order valence-corrected chi connectivity index (χ4v) is 4.72. The van der Waals surface area contributed by atoms with Crippen LogP contribution in [0.15, 0.2) is 0 Å². The Labute approximate surface area is 154 Å². The minimum atomic E-state index is -4.15. The van der Waals surface area contributed by atoms with E-state index in [0.29, 0.717) is 49.1 Å². The van der Waals surface area contributed by atoms with Gasteiger partial charge in [-0.1, -0.05) is 0 Å². The monoisotopic (exact) mass is 379 g/mol. The Balaban J connectivity index is 1.61. The third kappa shape index (κ3) is 2.30. The zero-order chi connectivity index (χ0) is 19.0. The zero-order valence-electron chi connectivity index (χ0n) is 15.2. The minimum Gasteiger partial charge on any atom is -0.378 e. The largest absolute Gasteiger partial charge is 0.394 e. The molecule has 144 valence electrons. The van der Waals surface area contributed by atoms with Gasteiger partial charge in [0.15, 0.2) is 5.65 Å². The second-order valence-corrected chi connectivity index (χ2v) is 8.13. The molecular formula is C18H20F3N5O. The molecule has 9 heteroatoms. The van der Waals surface area contributed by atoms with Gasteiger partial charge >= 0.3 is 6.18 Å². The molecule has 0 radical (unpaired) electrons. The Hall–Kier alpha value is -2.03. The van der Waals surface area contributed by atoms with Gasteiger partial charge in [0.05, 0.1) is 35.7 Å². The molecule has 4 aliphatic rings. The lowest BCUT2D eigenvalue weighted by molar-refractivity contribution is -0.337. The van der Waals surface area contributed by atoms with Crippen LogP contribution in [-0.4, -0.2) is 52.4 Å². The summed E-state index contributed by atoms with van der Waals surface area (Å²) in [6.45, 7) is 6.18. The molecule has 3 heterocycles. The standard InChI is InChI=1S/C18H20F3N5O/c1-10-11(2)23-14-12(22-10)13(16-7-17(8-16,9-16)18(19,20)21)24-15(25-14)26-3-5-27-6-4-26/h3-9H2,1-2H3. The average Bonchev–Trinajstić information content (AvgIpc) is 2.53. The number of alkyl halides is 3. The fraction of sp³-hybridized carbons (Fsp3) is 0.667. The highest BCUT2D eigenvalue weighted by atomic mass is 19.4. The van der Waals surface area contributed by atoms with Crippen molar-refractivity contribution in [2.45, 2.75) is 44.7 Å². The highest BCUT2D eigenvalue weighted by Crippen LogP contribution is 2.78. The second kappa shape index (κ2) is 5.27. The van der Waals surface area contributed by atoms with Gasteiger partial charge in [-0.15, -0.1) is 0 Å². The van der Waals surface area contributed by atoms with Gasteiger partial charge in [-0.05, 0) is 33.1 Å². The van der Waals surface area contributed by atoms with Crippen molar-refractivity contribution in [1.82, 2.24) is 19.9 Å². The molecule has 2 aromatic heterocycles. The molecule has 0 unspecified atom stereocenters. The highest BCUT2D eigenvalue weighted by Gasteiger charge is 2.79. The van der Waals surface area contributed by atoms with Gasteiger partial charge < -0.3 is 9.64 Å². The van der Waals surface area contributed by atoms with E-state index >= 15 is 0 Å². The summed E-state index contributed by atoms with van der Waals surface area (Å²) in [7, 11) is 0. The molecular weight excluding hydrogens is 359 g/mol. The topological polar surface area (TPSA) is 64.0 Å². The molecule has 6 nitrogen and oxygen atoms in total. The third-order valence-corrected chi connectivity index (χ3v) is 6.36. The number of aryl methyl sites for hydroxylation is 2. The first-order chi connectivity index (χ1) is 12.7. The van der Waals surface area contributed by atoms with Crippen LogP contribution in [0, 0.1) is 19.3 Å². The van der Waals surface area contributed by atoms with Crippen LogP contribution in [-0.2, 0) is 10.2 Å². The van der Waals surface area contributed by atoms with Crippen molar-refractivity contribution >= 4 is 17.1 Å². The molecule has 27 heavy (non-hydrogen) atoms. The molecule has 4 fully saturated rings. The molecule has 0 atom stereocenters. The number of anilines is 1. The lowest BCUT2D eigenvalue weighted by Crippen LogP contribution is -2.70. The van der Waals surface area contributed by atoms with E-state index in [1.165, 1.54) is 0 Å². The quantitative estimate of drug-likeness (QED) is 0.800. The second-order valence-electron chi connectivity index (χ2n) is 8.13. The molecule has 2 bridgehead atoms. The molecule has 0 aromatic carbocycles. The van der Waals surface area contributed by atoms with E-state index in [9.17, 15) is 13.2 Å². The minimum absolute atomic E-state index is 0.0900. The summed E-state index contributed by atoms with van der Waals surface area (Å²) in [6.07, 6.45) is -3.88. The Morgan fingerprint density at radius 3 is 2.19 bits per heavy atom. The maximum Gasteiger partial charge on any atom is 0.394 e. The van der Waals surface area contributed by atoms with Gasteiger partial charge in [-0.3, -0.25) is 0 Å². The molecule has 0 N–H and O–H groups in total. The van der Waals surface area contributed by atoms with Crippen molar-refractivity contribution in [3.05, 3.63) is 17.1 Å². The van der Waals surface area contributed by atoms with E-state index in [-0.39, 0.29) is 19.3 Å². The van der Waals surface area contributed by atoms with Gasteiger partial charge in [0.1, 0.15) is 5.52 Å². The Bertz CT molecular complexity index is 919. The molecule has 3 saturated carbocycles. The summed E-state index contributed by atoms with van der Waals surface area (Å²) >= 11 is 0. The lowest BCUT2D eigenvalue weighted by atomic mass is 9.34. The number of hydrogen-bond donors (Lipinski definition) is 0. The Kier molecular flexibility index (Phi) is 3.34. The SMILES string of the molecule is Cc1nc2nc(N3CCOCC3)nc(C34CC(C(F)(F)F)(C3)C4)c2nc1C. The molecule has 1 saturated heterocycles. The van der Waals surface area contributed by atoms with Crippen molar-refractivity contribution < 1.29 is 17.9 Å². The summed E-state index contributed by atoms with van der Waals surface area (Å²) in [4.78, 5) is 20.5. The van der Waals surface area contributed by atoms with Crippen LogP contribution >= 0.6 is 0 Å². The number of rotatable bonds is 2. The smallest absolute Gasteiger partial charge is 0.378 e. The van der Waals surface area contributed by atoms with Gasteiger partial charge in [0, 0.05) is 18.5 Å². The number of ether oxygens (including phenoxy) is 1. The fourth-order valence-electron chi connectivity index (χ4n) is 4.72. The number of aromatic nitrogens is 4. The summed E-state index contributed by atoms with van der Waals surface area (Å²) in [5, 5.41) is 0. The first-order valence-electron chi connectivity index (χ1n) is 9.16. The number of hydrogen-bond acceptors (Lipinski definition) is 6. The van der Waals surface area contributed by atoms with Crippen LogP contribution in [0.4, 0.5) is 19.1 Å². The summed E-state index contributed by atoms with van der Waals surface area (Å²) < 4.78 is 45.4. The highest BCUT2D eigenvalue weighted by molar-refractivity contribution is 5.77. The van der Waals surface area contributed by atoms with E-state index in [2.05, 4.69) is 15.0 Å². The van der Waals surface area contributed by atoms with Crippen LogP contribution in [0.25, 0.3) is 11.2 Å². The normalized spacial score (nSPS) is 30.2. The number of fused-ring (bicyclic) bond motifs is 1. The number of morpholine rings is 1. The zero-order valence-corrected chi connectivity index (χ0v) is 15.2. The third-order valence-electron chi connectivity index (χ3n) is 6.36. The van der Waals surface area contributed by atoms with Crippen LogP contribution in [0.5, 0.6) is 0 Å². The predicted octanol–water partition coefficient (Wildman–Crippen LogP) is 2.86. The Morgan fingerprint density at radius 1 is 0.926 bits per heavy atom. The van der Waals surface area contributed by atoms with Crippen LogP contribution < -0.4 is 4.90 Å². The maximum atomic E-state index is 13.3. The number of nitrogens with zero attached hydrogens (tertiary/aromatic N) is 5. The summed E-state index contributed by atoms with van der Waals surface area (Å²) in [6, 6.07) is 0. The summed E-state index contributed by atoms with van der Waals surface area (Å²) in [5.74, 6) is 0.518. The molecule has 0 spiro atoms. The Morgan fingerprint density at radius 2 is 1.56 bits per heavy atom. The maximum absolute atomic E-state index is 13.3.